The van der Waals surface area contributed by atoms with Gasteiger partial charge in [-0.1, -0.05) is 18.7 Å². The van der Waals surface area contributed by atoms with E-state index in [1.165, 1.54) is 0 Å². The van der Waals surface area contributed by atoms with E-state index < -0.39 is 0 Å². The Kier molecular flexibility index (Phi) is 2.67. The molecule has 0 unspecified atom stereocenters. The molecule has 14 heavy (non-hydrogen) atoms. The molecule has 0 fully saturated rings. The van der Waals surface area contributed by atoms with Crippen LogP contribution in [-0.2, 0) is 0 Å². The number of hydrogen-bond acceptors (Lipinski definition) is 4. The molecule has 1 N–H and O–H groups in total. The van der Waals surface area contributed by atoms with Crippen molar-refractivity contribution < 1.29 is 0 Å². The Labute approximate surface area is 86.6 Å². The summed E-state index contributed by atoms with van der Waals surface area (Å²) in [5.41, 5.74) is 2.66. The largest absolute Gasteiger partial charge is 0.342 e. The topological polar surface area (TPSA) is 54.5 Å². The zero-order valence-corrected chi connectivity index (χ0v) is 9.06. The molecular formula is C9H12N4S. The van der Waals surface area contributed by atoms with Crippen LogP contribution in [0.1, 0.15) is 19.0 Å². The average molecular weight is 208 g/mol. The summed E-state index contributed by atoms with van der Waals surface area (Å²) in [6.07, 6.45) is 2.78. The van der Waals surface area contributed by atoms with Crippen LogP contribution in [0.5, 0.6) is 0 Å². The molecule has 5 heteroatoms. The third-order valence-corrected chi connectivity index (χ3v) is 2.93. The minimum atomic E-state index is 0.760. The molecule has 0 spiro atoms. The quantitative estimate of drug-likeness (QED) is 0.620. The molecule has 2 aromatic heterocycles. The first kappa shape index (κ1) is 9.45. The Bertz CT molecular complexity index is 437. The van der Waals surface area contributed by atoms with Crippen molar-refractivity contribution in [2.75, 3.05) is 5.75 Å². The van der Waals surface area contributed by atoms with Crippen molar-refractivity contribution in [1.82, 2.24) is 19.9 Å². The number of imidazole rings is 1. The number of nitrogens with zero attached hydrogens (tertiary/aromatic N) is 3. The summed E-state index contributed by atoms with van der Waals surface area (Å²) in [5, 5.41) is 0.823. The van der Waals surface area contributed by atoms with Crippen molar-refractivity contribution in [3.05, 3.63) is 12.0 Å². The van der Waals surface area contributed by atoms with Gasteiger partial charge in [0.25, 0.3) is 0 Å². The monoisotopic (exact) mass is 208 g/mol. The molecule has 0 saturated heterocycles. The summed E-state index contributed by atoms with van der Waals surface area (Å²) in [6.45, 7) is 4.12. The van der Waals surface area contributed by atoms with Crippen LogP contribution in [0.15, 0.2) is 11.5 Å². The summed E-state index contributed by atoms with van der Waals surface area (Å²) >= 11 is 1.68. The van der Waals surface area contributed by atoms with E-state index in [2.05, 4.69) is 26.9 Å². The van der Waals surface area contributed by atoms with E-state index in [-0.39, 0.29) is 0 Å². The number of thioether (sulfide) groups is 1. The zero-order valence-electron chi connectivity index (χ0n) is 8.24. The molecule has 0 aliphatic carbocycles. The van der Waals surface area contributed by atoms with Crippen molar-refractivity contribution in [2.24, 2.45) is 0 Å². The van der Waals surface area contributed by atoms with Gasteiger partial charge in [0.1, 0.15) is 5.52 Å². The molecule has 0 bridgehead atoms. The van der Waals surface area contributed by atoms with Gasteiger partial charge in [-0.25, -0.2) is 15.0 Å². The lowest BCUT2D eigenvalue weighted by atomic mass is 10.4. The van der Waals surface area contributed by atoms with E-state index in [0.717, 1.165) is 34.2 Å². The van der Waals surface area contributed by atoms with Crippen LogP contribution in [0.2, 0.25) is 0 Å². The van der Waals surface area contributed by atoms with Crippen LogP contribution in [0.25, 0.3) is 11.2 Å². The van der Waals surface area contributed by atoms with Crippen LogP contribution < -0.4 is 0 Å². The SMILES string of the molecule is CCCSc1nc(C)c2[nH]cnc2n1. The summed E-state index contributed by atoms with van der Waals surface area (Å²) in [5.74, 6) is 1.05. The molecular weight excluding hydrogens is 196 g/mol. The molecule has 2 heterocycles. The van der Waals surface area contributed by atoms with Crippen LogP contribution in [0, 0.1) is 6.92 Å². The molecule has 4 nitrogen and oxygen atoms in total. The van der Waals surface area contributed by atoms with E-state index in [9.17, 15) is 0 Å². The Morgan fingerprint density at radius 2 is 2.29 bits per heavy atom. The highest BCUT2D eigenvalue weighted by Gasteiger charge is 2.05. The number of fused-ring (bicyclic) bond motifs is 1. The van der Waals surface area contributed by atoms with Crippen LogP contribution >= 0.6 is 11.8 Å². The molecule has 2 rings (SSSR count). The lowest BCUT2D eigenvalue weighted by Gasteiger charge is -1.99. The second kappa shape index (κ2) is 3.96. The fourth-order valence-electron chi connectivity index (χ4n) is 1.21. The Morgan fingerprint density at radius 1 is 1.43 bits per heavy atom. The highest BCUT2D eigenvalue weighted by atomic mass is 32.2. The maximum Gasteiger partial charge on any atom is 0.189 e. The predicted octanol–water partition coefficient (Wildman–Crippen LogP) is 2.16. The van der Waals surface area contributed by atoms with Gasteiger partial charge in [0.2, 0.25) is 0 Å². The molecule has 0 amide bonds. The lowest BCUT2D eigenvalue weighted by molar-refractivity contribution is 0.955. The van der Waals surface area contributed by atoms with Crippen molar-refractivity contribution in [2.45, 2.75) is 25.4 Å². The minimum absolute atomic E-state index is 0.760. The van der Waals surface area contributed by atoms with Crippen molar-refractivity contribution >= 4 is 22.9 Å². The molecule has 0 radical (unpaired) electrons. The standard InChI is InChI=1S/C9H12N4S/c1-3-4-14-9-12-6(2)7-8(13-9)11-5-10-7/h5H,3-4H2,1-2H3,(H,10,11,12,13). The number of aromatic nitrogens is 4. The second-order valence-electron chi connectivity index (χ2n) is 3.04. The molecule has 0 aliphatic rings. The summed E-state index contributed by atoms with van der Waals surface area (Å²) in [7, 11) is 0. The first-order valence-electron chi connectivity index (χ1n) is 4.61. The van der Waals surface area contributed by atoms with Gasteiger partial charge in [0.05, 0.1) is 12.0 Å². The lowest BCUT2D eigenvalue weighted by Crippen LogP contribution is -1.92. The Balaban J connectivity index is 2.38. The highest BCUT2D eigenvalue weighted by Crippen LogP contribution is 2.18. The van der Waals surface area contributed by atoms with Gasteiger partial charge in [-0.05, 0) is 13.3 Å². The third kappa shape index (κ3) is 1.72. The molecule has 0 aromatic carbocycles. The van der Waals surface area contributed by atoms with Crippen molar-refractivity contribution in [3.8, 4) is 0 Å². The Hall–Kier alpha value is -1.10. The number of nitrogens with one attached hydrogen (secondary N) is 1. The third-order valence-electron chi connectivity index (χ3n) is 1.88. The van der Waals surface area contributed by atoms with Gasteiger partial charge < -0.3 is 4.98 Å². The first-order chi connectivity index (χ1) is 6.81. The number of hydrogen-bond donors (Lipinski definition) is 1. The number of aryl methyl sites for hydroxylation is 1. The van der Waals surface area contributed by atoms with Gasteiger partial charge >= 0.3 is 0 Å². The van der Waals surface area contributed by atoms with Gasteiger partial charge in [-0.3, -0.25) is 0 Å². The van der Waals surface area contributed by atoms with Gasteiger partial charge in [-0.2, -0.15) is 0 Å². The normalized spacial score (nSPS) is 11.0. The number of H-pyrrole nitrogens is 1. The predicted molar refractivity (Wildman–Crippen MR) is 57.4 cm³/mol. The molecule has 0 aliphatic heterocycles. The summed E-state index contributed by atoms with van der Waals surface area (Å²) in [4.78, 5) is 15.9. The van der Waals surface area contributed by atoms with Crippen LogP contribution in [-0.4, -0.2) is 25.7 Å². The van der Waals surface area contributed by atoms with E-state index in [4.69, 9.17) is 0 Å². The van der Waals surface area contributed by atoms with E-state index in [1.54, 1.807) is 18.1 Å². The molecule has 74 valence electrons. The first-order valence-corrected chi connectivity index (χ1v) is 5.60. The number of aromatic amines is 1. The molecule has 2 aromatic rings. The van der Waals surface area contributed by atoms with Gasteiger partial charge in [0.15, 0.2) is 10.8 Å². The number of rotatable bonds is 3. The Morgan fingerprint density at radius 3 is 3.07 bits per heavy atom. The van der Waals surface area contributed by atoms with Crippen LogP contribution in [0.3, 0.4) is 0 Å². The summed E-state index contributed by atoms with van der Waals surface area (Å²) < 4.78 is 0. The van der Waals surface area contributed by atoms with Gasteiger partial charge in [0, 0.05) is 5.75 Å². The van der Waals surface area contributed by atoms with E-state index in [0.29, 0.717) is 0 Å². The summed E-state index contributed by atoms with van der Waals surface area (Å²) in [6, 6.07) is 0. The molecule has 0 atom stereocenters. The van der Waals surface area contributed by atoms with Gasteiger partial charge in [-0.15, -0.1) is 0 Å². The minimum Gasteiger partial charge on any atom is -0.342 e. The second-order valence-corrected chi connectivity index (χ2v) is 4.10. The molecule has 0 saturated carbocycles. The average Bonchev–Trinajstić information content (AvgIpc) is 2.63. The fourth-order valence-corrected chi connectivity index (χ4v) is 1.95. The fraction of sp³-hybridized carbons (Fsp3) is 0.444. The smallest absolute Gasteiger partial charge is 0.189 e. The van der Waals surface area contributed by atoms with Crippen molar-refractivity contribution in [1.29, 1.82) is 0 Å². The maximum atomic E-state index is 4.39. The maximum absolute atomic E-state index is 4.39. The van der Waals surface area contributed by atoms with Crippen LogP contribution in [0.4, 0.5) is 0 Å². The van der Waals surface area contributed by atoms with E-state index in [1.807, 2.05) is 6.92 Å². The van der Waals surface area contributed by atoms with Crippen molar-refractivity contribution in [3.63, 3.8) is 0 Å². The highest BCUT2D eigenvalue weighted by molar-refractivity contribution is 7.99. The zero-order chi connectivity index (χ0) is 9.97. The van der Waals surface area contributed by atoms with E-state index >= 15 is 0 Å².